The van der Waals surface area contributed by atoms with Gasteiger partial charge in [0.15, 0.2) is 18.0 Å². The summed E-state index contributed by atoms with van der Waals surface area (Å²) >= 11 is 0. The molecular weight excluding hydrogens is 687 g/mol. The van der Waals surface area contributed by atoms with Gasteiger partial charge in [-0.25, -0.2) is 14.1 Å². The van der Waals surface area contributed by atoms with Gasteiger partial charge in [0.2, 0.25) is 5.60 Å². The van der Waals surface area contributed by atoms with E-state index in [1.54, 1.807) is 44.2 Å². The molecule has 2 fully saturated rings. The Morgan fingerprint density at radius 3 is 2.51 bits per heavy atom. The number of carbonyl (C=O) groups excluding carboxylic acids is 3. The highest BCUT2D eigenvalue weighted by Gasteiger charge is 2.62. The first-order valence-electron chi connectivity index (χ1n) is 16.6. The topological polar surface area (TPSA) is 225 Å². The fraction of sp³-hybridized carbons (Fsp3) is 0.515. The molecule has 6 atom stereocenters. The molecule has 274 valence electrons. The number of carbonyl (C=O) groups is 3. The molecule has 3 aromatic rings. The van der Waals surface area contributed by atoms with E-state index in [0.29, 0.717) is 18.7 Å². The Hall–Kier alpha value is -4.59. The molecule has 0 amide bonds. The number of nitriles is 1. The number of hydrogen-bond donors (Lipinski definition) is 2. The van der Waals surface area contributed by atoms with Gasteiger partial charge in [0.25, 0.3) is 0 Å². The van der Waals surface area contributed by atoms with Crippen molar-refractivity contribution >= 4 is 37.0 Å². The summed E-state index contributed by atoms with van der Waals surface area (Å²) in [6.07, 6.45) is -1.71. The van der Waals surface area contributed by atoms with Gasteiger partial charge in [-0.15, -0.1) is 0 Å². The van der Waals surface area contributed by atoms with Crippen LogP contribution in [0.4, 0.5) is 5.82 Å². The van der Waals surface area contributed by atoms with E-state index < -0.39 is 62.2 Å². The monoisotopic (exact) mass is 728 g/mol. The molecule has 0 bridgehead atoms. The molecule has 2 saturated heterocycles. The number of anilines is 1. The lowest BCUT2D eigenvalue weighted by Crippen LogP contribution is -2.49. The van der Waals surface area contributed by atoms with Crippen molar-refractivity contribution in [1.29, 1.82) is 5.26 Å². The average Bonchev–Trinajstić information content (AvgIpc) is 3.70. The van der Waals surface area contributed by atoms with Crippen LogP contribution in [0.5, 0.6) is 5.75 Å². The summed E-state index contributed by atoms with van der Waals surface area (Å²) in [7, 11) is -4.55. The molecule has 51 heavy (non-hydrogen) atoms. The highest BCUT2D eigenvalue weighted by Crippen LogP contribution is 2.50. The third-order valence-electron chi connectivity index (χ3n) is 8.41. The normalized spacial score (nSPS) is 23.8. The second kappa shape index (κ2) is 16.6. The standard InChI is InChI=1S/C33H41N6O11P/c1-4-26(40)47-29-28(24-11-12-25-31(35)36-20-37-39(24)25)49-33(18-34,30(29)48-27(41)5-2)19-46-51(43,50-23-9-7-6-8-10-23)38-21(3)32(42)45-17-22-13-15-44-16-14-22/h6-12,20-22,28-30H,4-5,13-17,19H2,1-3H3,(H,38,43)(H2,35,36,37)/t21-,28-,29-,30-,33+,51?/m0/s1. The first-order valence-corrected chi connectivity index (χ1v) is 18.1. The van der Waals surface area contributed by atoms with Crippen molar-refractivity contribution in [2.75, 3.05) is 32.2 Å². The van der Waals surface area contributed by atoms with Gasteiger partial charge in [0.05, 0.1) is 12.3 Å². The molecule has 3 N–H and O–H groups in total. The summed E-state index contributed by atoms with van der Waals surface area (Å²) in [5.41, 5.74) is 4.49. The Bertz CT molecular complexity index is 1780. The maximum atomic E-state index is 14.5. The molecule has 0 spiro atoms. The third-order valence-corrected chi connectivity index (χ3v) is 10.0. The molecule has 18 heteroatoms. The van der Waals surface area contributed by atoms with Crippen LogP contribution in [-0.2, 0) is 47.2 Å². The van der Waals surface area contributed by atoms with Gasteiger partial charge in [0, 0.05) is 26.1 Å². The molecule has 2 aliphatic heterocycles. The predicted molar refractivity (Wildman–Crippen MR) is 178 cm³/mol. The zero-order valence-electron chi connectivity index (χ0n) is 28.5. The molecule has 1 unspecified atom stereocenters. The number of rotatable bonds is 15. The van der Waals surface area contributed by atoms with Gasteiger partial charge in [-0.05, 0) is 49.9 Å². The number of nitrogens with two attached hydrogens (primary N) is 1. The van der Waals surface area contributed by atoms with Gasteiger partial charge in [0.1, 0.15) is 42.4 Å². The van der Waals surface area contributed by atoms with Crippen LogP contribution in [0.15, 0.2) is 48.8 Å². The van der Waals surface area contributed by atoms with E-state index in [0.717, 1.165) is 12.8 Å². The molecule has 2 aromatic heterocycles. The van der Waals surface area contributed by atoms with Gasteiger partial charge in [-0.2, -0.15) is 15.4 Å². The van der Waals surface area contributed by atoms with Crippen LogP contribution in [0, 0.1) is 17.2 Å². The highest BCUT2D eigenvalue weighted by atomic mass is 31.2. The largest absolute Gasteiger partial charge is 0.464 e. The summed E-state index contributed by atoms with van der Waals surface area (Å²) in [4.78, 5) is 42.6. The van der Waals surface area contributed by atoms with Crippen LogP contribution >= 0.6 is 7.75 Å². The van der Waals surface area contributed by atoms with Crippen molar-refractivity contribution in [3.8, 4) is 11.8 Å². The van der Waals surface area contributed by atoms with Gasteiger partial charge < -0.3 is 33.9 Å². The summed E-state index contributed by atoms with van der Waals surface area (Å²) in [6, 6.07) is 12.0. The fourth-order valence-electron chi connectivity index (χ4n) is 5.61. The first-order chi connectivity index (χ1) is 24.5. The minimum absolute atomic E-state index is 0.0513. The maximum Gasteiger partial charge on any atom is 0.459 e. The second-order valence-corrected chi connectivity index (χ2v) is 13.7. The van der Waals surface area contributed by atoms with Crippen LogP contribution in [0.3, 0.4) is 0 Å². The molecule has 2 aliphatic rings. The number of nitrogens with one attached hydrogen (secondary N) is 1. The molecule has 1 aromatic carbocycles. The lowest BCUT2D eigenvalue weighted by molar-refractivity contribution is -0.169. The Labute approximate surface area is 294 Å². The number of benzene rings is 1. The SMILES string of the molecule is CCC(=O)O[C@H]1[C@H](c2ccc3c(N)ncnn23)O[C@](C#N)(COP(=O)(N[C@@H](C)C(=O)OCC2CCOCC2)Oc2ccccc2)[C@H]1OC(=O)CC. The van der Waals surface area contributed by atoms with Crippen molar-refractivity contribution in [2.24, 2.45) is 5.92 Å². The van der Waals surface area contributed by atoms with Crippen molar-refractivity contribution in [3.05, 3.63) is 54.5 Å². The number of esters is 3. The Kier molecular flexibility index (Phi) is 12.3. The summed E-state index contributed by atoms with van der Waals surface area (Å²) in [5.74, 6) is -1.74. The van der Waals surface area contributed by atoms with E-state index in [-0.39, 0.29) is 42.6 Å². The Morgan fingerprint density at radius 2 is 1.82 bits per heavy atom. The van der Waals surface area contributed by atoms with Crippen LogP contribution < -0.4 is 15.3 Å². The molecule has 0 saturated carbocycles. The Morgan fingerprint density at radius 1 is 1.12 bits per heavy atom. The Balaban J connectivity index is 1.47. The van der Waals surface area contributed by atoms with Crippen molar-refractivity contribution < 1.29 is 51.7 Å². The van der Waals surface area contributed by atoms with Crippen LogP contribution in [-0.4, -0.2) is 82.8 Å². The van der Waals surface area contributed by atoms with Gasteiger partial charge in [-0.1, -0.05) is 32.0 Å². The summed E-state index contributed by atoms with van der Waals surface area (Å²) in [5, 5.41) is 17.6. The van der Waals surface area contributed by atoms with Crippen LogP contribution in [0.25, 0.3) is 5.52 Å². The molecule has 4 heterocycles. The fourth-order valence-corrected chi connectivity index (χ4v) is 7.13. The zero-order chi connectivity index (χ0) is 36.6. The zero-order valence-corrected chi connectivity index (χ0v) is 29.4. The summed E-state index contributed by atoms with van der Waals surface area (Å²) < 4.78 is 56.2. The maximum absolute atomic E-state index is 14.5. The molecule has 0 radical (unpaired) electrons. The molecule has 0 aliphatic carbocycles. The van der Waals surface area contributed by atoms with E-state index in [2.05, 4.69) is 15.2 Å². The lowest BCUT2D eigenvalue weighted by atomic mass is 9.95. The predicted octanol–water partition coefficient (Wildman–Crippen LogP) is 3.44. The first kappa shape index (κ1) is 37.7. The number of hydrogen-bond acceptors (Lipinski definition) is 15. The number of ether oxygens (including phenoxy) is 5. The van der Waals surface area contributed by atoms with E-state index >= 15 is 0 Å². The number of nitrogen functional groups attached to an aromatic ring is 1. The minimum atomic E-state index is -4.55. The summed E-state index contributed by atoms with van der Waals surface area (Å²) in [6.45, 7) is 4.99. The highest BCUT2D eigenvalue weighted by molar-refractivity contribution is 7.52. The molecular formula is C33H41N6O11P. The van der Waals surface area contributed by atoms with Gasteiger partial charge >= 0.3 is 25.7 Å². The van der Waals surface area contributed by atoms with E-state index in [1.807, 2.05) is 6.07 Å². The molecule has 17 nitrogen and oxygen atoms in total. The minimum Gasteiger partial charge on any atom is -0.464 e. The lowest BCUT2D eigenvalue weighted by Gasteiger charge is -2.30. The molecule has 5 rings (SSSR count). The van der Waals surface area contributed by atoms with E-state index in [1.165, 1.54) is 29.9 Å². The van der Waals surface area contributed by atoms with E-state index in [4.69, 9.17) is 38.5 Å². The quantitative estimate of drug-likeness (QED) is 0.130. The number of aromatic nitrogens is 3. The van der Waals surface area contributed by atoms with Crippen molar-refractivity contribution in [1.82, 2.24) is 19.7 Å². The smallest absolute Gasteiger partial charge is 0.459 e. The second-order valence-electron chi connectivity index (χ2n) is 12.0. The van der Waals surface area contributed by atoms with E-state index in [9.17, 15) is 24.2 Å². The van der Waals surface area contributed by atoms with Crippen molar-refractivity contribution in [2.45, 2.75) is 76.4 Å². The van der Waals surface area contributed by atoms with Crippen LogP contribution in [0.1, 0.15) is 58.3 Å². The van der Waals surface area contributed by atoms with Crippen LogP contribution in [0.2, 0.25) is 0 Å². The number of nitrogens with zero attached hydrogens (tertiary/aromatic N) is 4. The van der Waals surface area contributed by atoms with Gasteiger partial charge in [-0.3, -0.25) is 18.9 Å². The van der Waals surface area contributed by atoms with Crippen molar-refractivity contribution in [3.63, 3.8) is 0 Å². The number of fused-ring (bicyclic) bond motifs is 1. The average molecular weight is 729 g/mol. The number of para-hydroxylation sites is 1. The third kappa shape index (κ3) is 8.84.